The van der Waals surface area contributed by atoms with Crippen molar-refractivity contribution in [1.29, 1.82) is 0 Å². The van der Waals surface area contributed by atoms with Crippen molar-refractivity contribution in [3.8, 4) is 16.9 Å². The lowest BCUT2D eigenvalue weighted by Gasteiger charge is -2.28. The van der Waals surface area contributed by atoms with E-state index in [1.54, 1.807) is 27.0 Å². The lowest BCUT2D eigenvalue weighted by Crippen LogP contribution is -2.41. The first kappa shape index (κ1) is 21.6. The number of hydrogen-bond acceptors (Lipinski definition) is 5. The Labute approximate surface area is 197 Å². The number of amides is 1. The zero-order valence-corrected chi connectivity index (χ0v) is 19.5. The number of hydrogen-bond donors (Lipinski definition) is 0. The number of sulfone groups is 1. The quantitative estimate of drug-likeness (QED) is 0.412. The fourth-order valence-electron chi connectivity index (χ4n) is 4.15. The van der Waals surface area contributed by atoms with Gasteiger partial charge >= 0.3 is 0 Å². The smallest absolute Gasteiger partial charge is 0.273 e. The molecule has 0 bridgehead atoms. The minimum Gasteiger partial charge on any atom is -0.328 e. The zero-order valence-electron chi connectivity index (χ0n) is 17.9. The predicted molar refractivity (Wildman–Crippen MR) is 130 cm³/mol. The Bertz CT molecular complexity index is 1350. The fraction of sp³-hybridized carbons (Fsp3) is 0.200. The third-order valence-corrected chi connectivity index (χ3v) is 8.43. The summed E-state index contributed by atoms with van der Waals surface area (Å²) in [4.78, 5) is 16.7. The van der Waals surface area contributed by atoms with Gasteiger partial charge in [-0.25, -0.2) is 13.1 Å². The summed E-state index contributed by atoms with van der Waals surface area (Å²) in [5, 5.41) is 6.72. The maximum Gasteiger partial charge on any atom is 0.273 e. The third-order valence-electron chi connectivity index (χ3n) is 5.82. The van der Waals surface area contributed by atoms with Gasteiger partial charge in [0.25, 0.3) is 5.91 Å². The Balaban J connectivity index is 1.59. The van der Waals surface area contributed by atoms with Gasteiger partial charge < -0.3 is 4.90 Å². The van der Waals surface area contributed by atoms with Crippen molar-refractivity contribution in [2.45, 2.75) is 19.0 Å². The SMILES string of the molecule is O=C(c1cc(-c2ccccc2)nn1-c1ccccc1)N(Cc1cccs1)[C@@H]1CCS(=O)(=O)C1. The van der Waals surface area contributed by atoms with Gasteiger partial charge in [0.15, 0.2) is 9.84 Å². The standard InChI is InChI=1S/C25H23N3O3S2/c29-25(27(17-22-12-7-14-32-22)21-13-15-33(30,31)18-21)24-16-23(19-8-3-1-4-9-19)26-28(24)20-10-5-2-6-11-20/h1-12,14,16,21H,13,15,17-18H2/t21-/m1/s1. The first-order chi connectivity index (χ1) is 16.0. The van der Waals surface area contributed by atoms with Crippen LogP contribution in [-0.4, -0.2) is 46.6 Å². The molecule has 1 fully saturated rings. The monoisotopic (exact) mass is 477 g/mol. The molecular formula is C25H23N3O3S2. The van der Waals surface area contributed by atoms with Crippen molar-refractivity contribution in [3.05, 3.63) is 94.8 Å². The molecule has 6 nitrogen and oxygen atoms in total. The maximum atomic E-state index is 14.0. The van der Waals surface area contributed by atoms with Crippen molar-refractivity contribution in [3.63, 3.8) is 0 Å². The highest BCUT2D eigenvalue weighted by atomic mass is 32.2. The van der Waals surface area contributed by atoms with Crippen LogP contribution in [0.4, 0.5) is 0 Å². The predicted octanol–water partition coefficient (Wildman–Crippen LogP) is 4.43. The second-order valence-corrected chi connectivity index (χ2v) is 11.4. The molecule has 0 N–H and O–H groups in total. The number of thiophene rings is 1. The number of benzene rings is 2. The first-order valence-electron chi connectivity index (χ1n) is 10.7. The average molecular weight is 478 g/mol. The Morgan fingerprint density at radius 3 is 2.39 bits per heavy atom. The molecule has 1 atom stereocenters. The van der Waals surface area contributed by atoms with Gasteiger partial charge in [-0.05, 0) is 36.1 Å². The normalized spacial score (nSPS) is 17.2. The van der Waals surface area contributed by atoms with Gasteiger partial charge in [0.05, 0.1) is 29.4 Å². The summed E-state index contributed by atoms with van der Waals surface area (Å²) >= 11 is 1.56. The molecule has 0 saturated carbocycles. The van der Waals surface area contributed by atoms with Crippen LogP contribution in [0.5, 0.6) is 0 Å². The van der Waals surface area contributed by atoms with Gasteiger partial charge in [0.2, 0.25) is 0 Å². The molecule has 2 aromatic heterocycles. The molecule has 2 aromatic carbocycles. The second-order valence-electron chi connectivity index (χ2n) is 8.10. The largest absolute Gasteiger partial charge is 0.328 e. The van der Waals surface area contributed by atoms with Crippen LogP contribution in [0.1, 0.15) is 21.8 Å². The molecule has 1 aliphatic rings. The van der Waals surface area contributed by atoms with Crippen LogP contribution in [0.15, 0.2) is 84.2 Å². The van der Waals surface area contributed by atoms with E-state index in [9.17, 15) is 13.2 Å². The molecule has 0 radical (unpaired) electrons. The molecule has 0 aliphatic carbocycles. The molecule has 8 heteroatoms. The van der Waals surface area contributed by atoms with Gasteiger partial charge in [0, 0.05) is 16.5 Å². The molecule has 168 valence electrons. The van der Waals surface area contributed by atoms with Crippen molar-refractivity contribution < 1.29 is 13.2 Å². The Hall–Kier alpha value is -3.23. The maximum absolute atomic E-state index is 14.0. The number of aromatic nitrogens is 2. The summed E-state index contributed by atoms with van der Waals surface area (Å²) in [5.74, 6) is -0.113. The molecule has 33 heavy (non-hydrogen) atoms. The number of carbonyl (C=O) groups is 1. The lowest BCUT2D eigenvalue weighted by atomic mass is 10.1. The van der Waals surface area contributed by atoms with Gasteiger partial charge in [-0.3, -0.25) is 4.79 Å². The van der Waals surface area contributed by atoms with Crippen LogP contribution in [0.2, 0.25) is 0 Å². The lowest BCUT2D eigenvalue weighted by molar-refractivity contribution is 0.0673. The van der Waals surface area contributed by atoms with E-state index in [-0.39, 0.29) is 23.5 Å². The molecule has 1 saturated heterocycles. The number of rotatable bonds is 6. The van der Waals surface area contributed by atoms with Crippen molar-refractivity contribution in [2.75, 3.05) is 11.5 Å². The van der Waals surface area contributed by atoms with Crippen molar-refractivity contribution in [1.82, 2.24) is 14.7 Å². The highest BCUT2D eigenvalue weighted by molar-refractivity contribution is 7.91. The highest BCUT2D eigenvalue weighted by Gasteiger charge is 2.36. The molecule has 1 aliphatic heterocycles. The highest BCUT2D eigenvalue weighted by Crippen LogP contribution is 2.27. The van der Waals surface area contributed by atoms with Crippen LogP contribution >= 0.6 is 11.3 Å². The zero-order chi connectivity index (χ0) is 22.8. The second kappa shape index (κ2) is 8.96. The summed E-state index contributed by atoms with van der Waals surface area (Å²) in [6, 6.07) is 24.6. The van der Waals surface area contributed by atoms with Crippen molar-refractivity contribution >= 4 is 27.1 Å². The van der Waals surface area contributed by atoms with Crippen LogP contribution in [-0.2, 0) is 16.4 Å². The average Bonchev–Trinajstić information content (AvgIpc) is 3.58. The Morgan fingerprint density at radius 2 is 1.76 bits per heavy atom. The number of para-hydroxylation sites is 1. The topological polar surface area (TPSA) is 72.3 Å². The van der Waals surface area contributed by atoms with E-state index in [1.165, 1.54) is 0 Å². The van der Waals surface area contributed by atoms with E-state index in [4.69, 9.17) is 5.10 Å². The van der Waals surface area contributed by atoms with E-state index >= 15 is 0 Å². The van der Waals surface area contributed by atoms with E-state index in [1.807, 2.05) is 78.2 Å². The van der Waals surface area contributed by atoms with E-state index in [0.717, 1.165) is 16.1 Å². The summed E-state index contributed by atoms with van der Waals surface area (Å²) in [7, 11) is -3.15. The first-order valence-corrected chi connectivity index (χ1v) is 13.4. The minimum absolute atomic E-state index is 0.00483. The van der Waals surface area contributed by atoms with Crippen LogP contribution in [0.25, 0.3) is 16.9 Å². The molecular weight excluding hydrogens is 454 g/mol. The molecule has 1 amide bonds. The van der Waals surface area contributed by atoms with Gasteiger partial charge in [0.1, 0.15) is 5.69 Å². The molecule has 0 unspecified atom stereocenters. The number of carbonyl (C=O) groups excluding carboxylic acids is 1. The van der Waals surface area contributed by atoms with Crippen molar-refractivity contribution in [2.24, 2.45) is 0 Å². The summed E-state index contributed by atoms with van der Waals surface area (Å²) in [6.07, 6.45) is 0.449. The van der Waals surface area contributed by atoms with Gasteiger partial charge in [-0.15, -0.1) is 11.3 Å². The van der Waals surface area contributed by atoms with Gasteiger partial charge in [-0.1, -0.05) is 54.6 Å². The van der Waals surface area contributed by atoms with Crippen LogP contribution in [0, 0.1) is 0 Å². The third kappa shape index (κ3) is 4.62. The molecule has 4 aromatic rings. The molecule has 3 heterocycles. The Kier molecular flexibility index (Phi) is 5.86. The summed E-state index contributed by atoms with van der Waals surface area (Å²) < 4.78 is 26.1. The summed E-state index contributed by atoms with van der Waals surface area (Å²) in [5.41, 5.74) is 2.80. The number of nitrogens with zero attached hydrogens (tertiary/aromatic N) is 3. The van der Waals surface area contributed by atoms with Crippen LogP contribution < -0.4 is 0 Å². The summed E-state index contributed by atoms with van der Waals surface area (Å²) in [6.45, 7) is 0.372. The van der Waals surface area contributed by atoms with Crippen LogP contribution in [0.3, 0.4) is 0 Å². The van der Waals surface area contributed by atoms with E-state index < -0.39 is 9.84 Å². The van der Waals surface area contributed by atoms with E-state index in [2.05, 4.69) is 0 Å². The molecule has 5 rings (SSSR count). The Morgan fingerprint density at radius 1 is 1.03 bits per heavy atom. The fourth-order valence-corrected chi connectivity index (χ4v) is 6.59. The van der Waals surface area contributed by atoms with Gasteiger partial charge in [-0.2, -0.15) is 5.10 Å². The minimum atomic E-state index is -3.15. The van der Waals surface area contributed by atoms with E-state index in [0.29, 0.717) is 24.4 Å². The molecule has 0 spiro atoms.